The molecule has 0 spiro atoms. The van der Waals surface area contributed by atoms with E-state index in [9.17, 15) is 26.2 Å². The fourth-order valence-electron chi connectivity index (χ4n) is 6.06. The number of ether oxygens (including phenoxy) is 1. The van der Waals surface area contributed by atoms with E-state index in [0.717, 1.165) is 64.2 Å². The Morgan fingerprint density at radius 2 is 1.25 bits per heavy atom. The molecular formula is C35H34N7O2-. The molecule has 0 amide bonds. The second-order valence-electron chi connectivity index (χ2n) is 10.9. The zero-order valence-electron chi connectivity index (χ0n) is 24.9. The smallest absolute Gasteiger partial charge is 0.266 e. The van der Waals surface area contributed by atoms with Crippen LogP contribution in [0.5, 0.6) is 0 Å². The molecule has 1 saturated heterocycles. The topological polar surface area (TPSA) is 139 Å². The molecule has 2 unspecified atom stereocenters. The zero-order valence-corrected chi connectivity index (χ0v) is 24.9. The van der Waals surface area contributed by atoms with E-state index in [1.54, 1.807) is 54.5 Å². The van der Waals surface area contributed by atoms with Crippen LogP contribution >= 0.6 is 0 Å². The van der Waals surface area contributed by atoms with Crippen LogP contribution in [0.3, 0.4) is 0 Å². The van der Waals surface area contributed by atoms with Crippen LogP contribution in [0.25, 0.3) is 9.69 Å². The molecule has 9 nitrogen and oxygen atoms in total. The molecule has 3 rings (SSSR count). The molecule has 0 aromatic carbocycles. The first-order chi connectivity index (χ1) is 21.4. The Bertz CT molecular complexity index is 1520. The van der Waals surface area contributed by atoms with Crippen molar-refractivity contribution in [3.05, 3.63) is 105 Å². The van der Waals surface area contributed by atoms with E-state index in [-0.39, 0.29) is 34.4 Å². The summed E-state index contributed by atoms with van der Waals surface area (Å²) < 4.78 is 5.51. The van der Waals surface area contributed by atoms with Gasteiger partial charge in [-0.2, -0.15) is 10.5 Å². The molecule has 1 aliphatic heterocycles. The molecule has 1 heterocycles. The predicted molar refractivity (Wildman–Crippen MR) is 162 cm³/mol. The molecule has 0 bridgehead atoms. The maximum atomic E-state index is 12.7. The van der Waals surface area contributed by atoms with E-state index in [4.69, 9.17) is 17.9 Å². The predicted octanol–water partition coefficient (Wildman–Crippen LogP) is 6.41. The number of nitriles is 4. The summed E-state index contributed by atoms with van der Waals surface area (Å²) >= 11 is 0. The molecule has 9 heteroatoms. The first-order valence-corrected chi connectivity index (χ1v) is 14.8. The Balaban J connectivity index is 1.80. The van der Waals surface area contributed by atoms with Crippen molar-refractivity contribution in [2.75, 3.05) is 7.05 Å². The van der Waals surface area contributed by atoms with Crippen LogP contribution in [0.4, 0.5) is 0 Å². The number of rotatable bonds is 8. The van der Waals surface area contributed by atoms with Gasteiger partial charge in [0, 0.05) is 18.2 Å². The Hall–Kier alpha value is -5.32. The van der Waals surface area contributed by atoms with Gasteiger partial charge in [-0.05, 0) is 66.9 Å². The molecule has 3 fully saturated rings. The summed E-state index contributed by atoms with van der Waals surface area (Å²) in [7, 11) is 1.71. The van der Waals surface area contributed by atoms with Crippen molar-refractivity contribution in [2.24, 2.45) is 11.8 Å². The lowest BCUT2D eigenvalue weighted by Crippen LogP contribution is -2.38. The molecule has 0 N–H and O–H groups in total. The van der Waals surface area contributed by atoms with E-state index in [0.29, 0.717) is 17.0 Å². The van der Waals surface area contributed by atoms with E-state index < -0.39 is 12.3 Å². The van der Waals surface area contributed by atoms with E-state index >= 15 is 0 Å². The van der Waals surface area contributed by atoms with Gasteiger partial charge in [-0.15, -0.1) is 0 Å². The molecule has 222 valence electrons. The van der Waals surface area contributed by atoms with Crippen LogP contribution in [-0.2, 0) is 4.74 Å². The summed E-state index contributed by atoms with van der Waals surface area (Å²) in [5, 5.41) is 51.5. The zero-order chi connectivity index (χ0) is 31.9. The summed E-state index contributed by atoms with van der Waals surface area (Å²) in [6.45, 7) is 14.9. The first kappa shape index (κ1) is 33.2. The van der Waals surface area contributed by atoms with Gasteiger partial charge in [-0.3, -0.25) is 0 Å². The Labute approximate surface area is 260 Å². The van der Waals surface area contributed by atoms with Gasteiger partial charge in [0.05, 0.1) is 49.8 Å². The molecule has 2 aliphatic carbocycles. The molecule has 2 saturated carbocycles. The van der Waals surface area contributed by atoms with Crippen molar-refractivity contribution in [3.63, 3.8) is 0 Å². The lowest BCUT2D eigenvalue weighted by atomic mass is 9.80. The maximum Gasteiger partial charge on any atom is 0.266 e. The minimum absolute atomic E-state index is 0.000845. The lowest BCUT2D eigenvalue weighted by molar-refractivity contribution is -0.478. The summed E-state index contributed by atoms with van der Waals surface area (Å²) in [4.78, 5) is 8.42. The highest BCUT2D eigenvalue weighted by atomic mass is 16.6. The fraction of sp³-hybridized carbons (Fsp3) is 0.429. The van der Waals surface area contributed by atoms with Gasteiger partial charge < -0.3 is 14.7 Å². The molecule has 44 heavy (non-hydrogen) atoms. The minimum Gasteiger partial charge on any atom is -0.820 e. The van der Waals surface area contributed by atoms with Crippen LogP contribution < -0.4 is 5.11 Å². The minimum atomic E-state index is -1.43. The van der Waals surface area contributed by atoms with Crippen molar-refractivity contribution in [2.45, 2.75) is 76.5 Å². The van der Waals surface area contributed by atoms with Gasteiger partial charge in [0.1, 0.15) is 0 Å². The SMILES string of the molecule is [C-]#[N+]\C(C#N)=C(/C(C#N)=C/C=C/C1C([O-])O\C(=C/C=C/C=C(C#N)/C(=C(\C#N)[N+]#[C-])C2CCCCC2)N1C)C1CCCCC1. The number of hydrogen-bond acceptors (Lipinski definition) is 7. The summed E-state index contributed by atoms with van der Waals surface area (Å²) in [5.41, 5.74) is 1.41. The van der Waals surface area contributed by atoms with Gasteiger partial charge in [0.25, 0.3) is 11.4 Å². The Kier molecular flexibility index (Phi) is 12.8. The molecular weight excluding hydrogens is 550 g/mol. The Morgan fingerprint density at radius 3 is 1.68 bits per heavy atom. The molecule has 0 aromatic rings. The van der Waals surface area contributed by atoms with E-state index in [2.05, 4.69) is 21.8 Å². The van der Waals surface area contributed by atoms with Gasteiger partial charge in [0.15, 0.2) is 5.88 Å². The maximum absolute atomic E-state index is 12.7. The number of allylic oxidation sites excluding steroid dienone is 12. The fourth-order valence-corrected chi connectivity index (χ4v) is 6.06. The van der Waals surface area contributed by atoms with Crippen molar-refractivity contribution in [3.8, 4) is 24.3 Å². The third-order valence-corrected chi connectivity index (χ3v) is 8.29. The van der Waals surface area contributed by atoms with Crippen molar-refractivity contribution in [1.29, 1.82) is 21.0 Å². The van der Waals surface area contributed by atoms with E-state index in [1.807, 2.05) is 12.1 Å². The first-order valence-electron chi connectivity index (χ1n) is 14.8. The molecule has 3 aliphatic rings. The quantitative estimate of drug-likeness (QED) is 0.182. The van der Waals surface area contributed by atoms with Crippen molar-refractivity contribution >= 4 is 0 Å². The van der Waals surface area contributed by atoms with Crippen LogP contribution in [0.1, 0.15) is 64.2 Å². The van der Waals surface area contributed by atoms with Gasteiger partial charge in [0.2, 0.25) is 0 Å². The highest BCUT2D eigenvalue weighted by Gasteiger charge is 2.28. The highest BCUT2D eigenvalue weighted by Crippen LogP contribution is 2.37. The second kappa shape index (κ2) is 17.0. The number of likely N-dealkylation sites (N-methyl/N-ethyl adjacent to an activating group) is 1. The summed E-state index contributed by atoms with van der Waals surface area (Å²) in [6.07, 6.45) is 19.3. The van der Waals surface area contributed by atoms with Crippen molar-refractivity contribution in [1.82, 2.24) is 4.90 Å². The molecule has 2 atom stereocenters. The van der Waals surface area contributed by atoms with Gasteiger partial charge >= 0.3 is 0 Å². The van der Waals surface area contributed by atoms with Crippen LogP contribution in [0.15, 0.2) is 82.1 Å². The van der Waals surface area contributed by atoms with E-state index in [1.165, 1.54) is 0 Å². The number of nitrogens with zero attached hydrogens (tertiary/aromatic N) is 7. The van der Waals surface area contributed by atoms with Gasteiger partial charge in [-0.1, -0.05) is 62.8 Å². The van der Waals surface area contributed by atoms with Crippen LogP contribution in [0.2, 0.25) is 0 Å². The second-order valence-corrected chi connectivity index (χ2v) is 10.9. The van der Waals surface area contributed by atoms with Gasteiger partial charge in [-0.25, -0.2) is 20.2 Å². The molecule has 0 radical (unpaired) electrons. The summed E-state index contributed by atoms with van der Waals surface area (Å²) in [6, 6.07) is 7.53. The van der Waals surface area contributed by atoms with Crippen molar-refractivity contribution < 1.29 is 9.84 Å². The molecule has 0 aromatic heterocycles. The van der Waals surface area contributed by atoms with Crippen LogP contribution in [0, 0.1) is 70.3 Å². The third kappa shape index (κ3) is 8.15. The average Bonchev–Trinajstić information content (AvgIpc) is 3.33. The number of hydrogen-bond donors (Lipinski definition) is 0. The average molecular weight is 585 g/mol. The largest absolute Gasteiger partial charge is 0.820 e. The normalized spacial score (nSPS) is 23.9. The standard InChI is InChI=1S/C35H34N7O2/c1-40-29(23-38)33(25-13-6-4-7-14-25)27(21-36)17-10-11-20-32-42(3)31(35(43)44-32)19-12-18-28(22-37)34(30(24-39)41-2)26-15-8-5-9-16-26/h10-12,17-20,25-26,31,35H,4-9,13-16H2,3H3/q-1/b11-10+,19-12+,27-17+,28-18+,32-20-,33-29+,34-30-. The highest BCUT2D eigenvalue weighted by molar-refractivity contribution is 5.54. The van der Waals surface area contributed by atoms with Crippen LogP contribution in [-0.4, -0.2) is 24.3 Å². The lowest BCUT2D eigenvalue weighted by Gasteiger charge is -2.24. The third-order valence-electron chi connectivity index (χ3n) is 8.29. The summed E-state index contributed by atoms with van der Waals surface area (Å²) in [5.74, 6) is 0.299. The monoisotopic (exact) mass is 584 g/mol. The Morgan fingerprint density at radius 1 is 0.773 bits per heavy atom.